The molecule has 0 aromatic heterocycles. The third-order valence-corrected chi connectivity index (χ3v) is 22.0. The van der Waals surface area contributed by atoms with E-state index in [0.717, 1.165) is 71.9 Å². The molecular weight excluding hydrogens is 711 g/mol. The first-order valence-corrected chi connectivity index (χ1v) is 27.3. The average Bonchev–Trinajstić information content (AvgIpc) is 3.44. The molecule has 59 heavy (non-hydrogen) atoms. The van der Waals surface area contributed by atoms with Gasteiger partial charge in [0.15, 0.2) is 6.71 Å². The maximum Gasteiger partial charge on any atom is 0.184 e. The Morgan fingerprint density at radius 2 is 1.32 bits per heavy atom. The van der Waals surface area contributed by atoms with E-state index in [1.807, 2.05) is 11.3 Å². The molecule has 3 aliphatic heterocycles. The predicted octanol–water partition coefficient (Wildman–Crippen LogP) is 15.2. The van der Waals surface area contributed by atoms with Crippen LogP contribution in [0.15, 0.2) is 34.5 Å². The zero-order valence-electron chi connectivity index (χ0n) is 39.4. The van der Waals surface area contributed by atoms with Gasteiger partial charge in [-0.05, 0) is 166 Å². The van der Waals surface area contributed by atoms with E-state index in [-0.39, 0.29) is 5.54 Å². The molecule has 8 aliphatic carbocycles. The molecule has 0 aromatic rings. The maximum absolute atomic E-state index is 3.42. The van der Waals surface area contributed by atoms with Crippen LogP contribution in [-0.4, -0.2) is 46.2 Å². The molecule has 0 N–H and O–H groups in total. The number of nitrogens with zero attached hydrogens (tertiary/aromatic N) is 2. The summed E-state index contributed by atoms with van der Waals surface area (Å²) in [5, 5.41) is 0. The molecule has 1 spiro atoms. The second kappa shape index (κ2) is 15.6. The summed E-state index contributed by atoms with van der Waals surface area (Å²) >= 11 is 0. The lowest BCUT2D eigenvalue weighted by Gasteiger charge is -2.65. The van der Waals surface area contributed by atoms with Crippen molar-refractivity contribution in [2.75, 3.05) is 0 Å². The largest absolute Gasteiger partial charge is 0.366 e. The number of hydrogen-bond acceptors (Lipinski definition) is 2. The predicted molar refractivity (Wildman–Crippen MR) is 251 cm³/mol. The van der Waals surface area contributed by atoms with E-state index >= 15 is 0 Å². The molecule has 3 heterocycles. The minimum Gasteiger partial charge on any atom is -0.366 e. The van der Waals surface area contributed by atoms with Gasteiger partial charge in [0.1, 0.15) is 0 Å². The summed E-state index contributed by atoms with van der Waals surface area (Å²) in [6.45, 7) is 17.2. The van der Waals surface area contributed by atoms with Crippen molar-refractivity contribution in [3.63, 3.8) is 0 Å². The Hall–Kier alpha value is -0.955. The van der Waals surface area contributed by atoms with Gasteiger partial charge in [0.05, 0.1) is 6.04 Å². The van der Waals surface area contributed by atoms with Gasteiger partial charge in [0, 0.05) is 29.4 Å². The molecule has 0 amide bonds. The van der Waals surface area contributed by atoms with Crippen molar-refractivity contribution in [2.45, 2.75) is 263 Å². The fourth-order valence-corrected chi connectivity index (χ4v) is 19.3. The number of allylic oxidation sites excluding steroid dienone is 3. The minimum atomic E-state index is 0.285. The van der Waals surface area contributed by atoms with Crippen molar-refractivity contribution < 1.29 is 0 Å². The molecule has 11 rings (SSSR count). The summed E-state index contributed by atoms with van der Waals surface area (Å²) in [7, 11) is 0. The fourth-order valence-electron chi connectivity index (χ4n) is 19.3. The quantitative estimate of drug-likeness (QED) is 0.261. The fraction of sp³-hybridized carbons (Fsp3) is 0.893. The highest BCUT2D eigenvalue weighted by Crippen LogP contribution is 2.72. The Balaban J connectivity index is 1.08. The average molecular weight is 801 g/mol. The van der Waals surface area contributed by atoms with E-state index in [9.17, 15) is 0 Å². The summed E-state index contributed by atoms with van der Waals surface area (Å²) in [6.07, 6.45) is 47.2. The molecule has 326 valence electrons. The Kier molecular flexibility index (Phi) is 10.8. The molecule has 0 radical (unpaired) electrons. The van der Waals surface area contributed by atoms with Crippen molar-refractivity contribution in [2.24, 2.45) is 52.3 Å². The molecule has 2 saturated heterocycles. The van der Waals surface area contributed by atoms with Crippen molar-refractivity contribution >= 4 is 6.71 Å². The summed E-state index contributed by atoms with van der Waals surface area (Å²) in [4.78, 5) is 6.82. The molecule has 10 atom stereocenters. The number of hydrogen-bond donors (Lipinski definition) is 0. The van der Waals surface area contributed by atoms with Gasteiger partial charge < -0.3 is 4.90 Å². The van der Waals surface area contributed by atoms with Crippen molar-refractivity contribution in [1.82, 2.24) is 9.80 Å². The topological polar surface area (TPSA) is 6.48 Å². The lowest BCUT2D eigenvalue weighted by atomic mass is 9.20. The highest BCUT2D eigenvalue weighted by molar-refractivity contribution is 6.71. The van der Waals surface area contributed by atoms with Crippen LogP contribution in [0.5, 0.6) is 0 Å². The van der Waals surface area contributed by atoms with Gasteiger partial charge in [-0.25, -0.2) is 0 Å². The zero-order chi connectivity index (χ0) is 40.3. The first-order chi connectivity index (χ1) is 28.5. The first kappa shape index (κ1) is 40.8. The molecule has 0 bridgehead atoms. The molecule has 3 heteroatoms. The van der Waals surface area contributed by atoms with Crippen LogP contribution in [0.25, 0.3) is 0 Å². The van der Waals surface area contributed by atoms with Gasteiger partial charge in [-0.1, -0.05) is 148 Å². The highest BCUT2D eigenvalue weighted by atomic mass is 15.3. The normalized spacial score (nSPS) is 41.9. The van der Waals surface area contributed by atoms with Crippen LogP contribution in [0.3, 0.4) is 0 Å². The smallest absolute Gasteiger partial charge is 0.184 e. The van der Waals surface area contributed by atoms with Crippen molar-refractivity contribution in [3.8, 4) is 0 Å². The monoisotopic (exact) mass is 801 g/mol. The second-order valence-corrected chi connectivity index (χ2v) is 25.8. The van der Waals surface area contributed by atoms with Crippen LogP contribution < -0.4 is 0 Å². The van der Waals surface area contributed by atoms with Gasteiger partial charge >= 0.3 is 0 Å². The van der Waals surface area contributed by atoms with Crippen LogP contribution in [0, 0.1) is 52.3 Å². The molecule has 8 fully saturated rings. The molecule has 10 unspecified atom stereocenters. The van der Waals surface area contributed by atoms with E-state index in [4.69, 9.17) is 0 Å². The van der Waals surface area contributed by atoms with Gasteiger partial charge in [-0.2, -0.15) is 0 Å². The highest BCUT2D eigenvalue weighted by Gasteiger charge is 2.73. The third-order valence-electron chi connectivity index (χ3n) is 22.0. The Morgan fingerprint density at radius 1 is 0.661 bits per heavy atom. The van der Waals surface area contributed by atoms with E-state index in [1.165, 1.54) is 161 Å². The van der Waals surface area contributed by atoms with Crippen molar-refractivity contribution in [1.29, 1.82) is 0 Å². The van der Waals surface area contributed by atoms with Crippen LogP contribution in [0.4, 0.5) is 0 Å². The van der Waals surface area contributed by atoms with Gasteiger partial charge in [-0.15, -0.1) is 0 Å². The lowest BCUT2D eigenvalue weighted by Crippen LogP contribution is -2.69. The van der Waals surface area contributed by atoms with Crippen LogP contribution in [0.1, 0.15) is 221 Å². The van der Waals surface area contributed by atoms with Crippen LogP contribution in [0.2, 0.25) is 11.6 Å². The number of rotatable bonds is 4. The van der Waals surface area contributed by atoms with Crippen LogP contribution in [-0.2, 0) is 0 Å². The standard InChI is InChI=1S/C56H89BN2/c1-37-31-50-52-51(32-37)59-53-45(56(55(59,5)6)29-17-10-18-30-56)35-43(54(2,3)4)36-47(53)57(52)46-34-42(39-21-13-8-14-22-39)26-28-49(46)58(50)48-27-25-41(38-19-11-7-12-20-38)33-44(48)40-23-15-9-16-24-40/h25,33,37-40,42-43,45-49,51,53H,7-24,26-32,34-36H2,1-6H3. The van der Waals surface area contributed by atoms with E-state index in [0.29, 0.717) is 22.9 Å². The molecule has 0 aromatic carbocycles. The van der Waals surface area contributed by atoms with Gasteiger partial charge in [0.2, 0.25) is 0 Å². The van der Waals surface area contributed by atoms with Gasteiger partial charge in [-0.3, -0.25) is 4.90 Å². The summed E-state index contributed by atoms with van der Waals surface area (Å²) in [5.74, 6) is 7.96. The van der Waals surface area contributed by atoms with Crippen LogP contribution >= 0.6 is 0 Å². The molecule has 11 aliphatic rings. The van der Waals surface area contributed by atoms with E-state index in [2.05, 4.69) is 69.0 Å². The van der Waals surface area contributed by atoms with E-state index in [1.54, 1.807) is 24.8 Å². The summed E-state index contributed by atoms with van der Waals surface area (Å²) < 4.78 is 0. The summed E-state index contributed by atoms with van der Waals surface area (Å²) in [6, 6.07) is 2.89. The molecule has 2 nitrogen and oxygen atoms in total. The zero-order valence-corrected chi connectivity index (χ0v) is 39.4. The Morgan fingerprint density at radius 3 is 2.02 bits per heavy atom. The maximum atomic E-state index is 3.42. The Bertz CT molecular complexity index is 1630. The molecule has 6 saturated carbocycles. The third kappa shape index (κ3) is 6.58. The summed E-state index contributed by atoms with van der Waals surface area (Å²) in [5.41, 5.74) is 8.98. The molecular formula is C56H89BN2. The Labute approximate surface area is 364 Å². The van der Waals surface area contributed by atoms with Crippen molar-refractivity contribution in [3.05, 3.63) is 34.5 Å². The SMILES string of the molecule is CC1CC2=C3B(C4CC(C5CCCCC5)CCC4N2C2CC=C(C4CCCCC4)C=C2C2CCCCC2)C2CC(C(C)(C)C)CC4C2N(C3C1)C(C)(C)C41CCCCC1. The lowest BCUT2D eigenvalue weighted by molar-refractivity contribution is -0.0105. The van der Waals surface area contributed by atoms with E-state index < -0.39 is 0 Å². The number of fused-ring (bicyclic) bond motifs is 5. The first-order valence-electron chi connectivity index (χ1n) is 27.3. The van der Waals surface area contributed by atoms with Gasteiger partial charge in [0.25, 0.3) is 0 Å². The second-order valence-electron chi connectivity index (χ2n) is 25.8. The minimum absolute atomic E-state index is 0.285.